The van der Waals surface area contributed by atoms with Crippen LogP contribution in [0.5, 0.6) is 0 Å². The lowest BCUT2D eigenvalue weighted by atomic mass is 10.0. The number of aromatic nitrogens is 2. The lowest BCUT2D eigenvalue weighted by Crippen LogP contribution is -2.14. The van der Waals surface area contributed by atoms with Gasteiger partial charge in [0.25, 0.3) is 5.91 Å². The average Bonchev–Trinajstić information content (AvgIpc) is 2.72. The van der Waals surface area contributed by atoms with Crippen molar-refractivity contribution in [2.24, 2.45) is 0 Å². The second kappa shape index (κ2) is 7.54. The Bertz CT molecular complexity index is 1120. The van der Waals surface area contributed by atoms with Gasteiger partial charge in [-0.2, -0.15) is 0 Å². The van der Waals surface area contributed by atoms with Crippen LogP contribution in [0.3, 0.4) is 0 Å². The van der Waals surface area contributed by atoms with E-state index in [0.29, 0.717) is 11.4 Å². The van der Waals surface area contributed by atoms with E-state index in [4.69, 9.17) is 0 Å². The molecule has 0 radical (unpaired) electrons. The van der Waals surface area contributed by atoms with Gasteiger partial charge in [-0.25, -0.2) is 0 Å². The molecular weight excluding hydrogens is 334 g/mol. The second-order valence-electron chi connectivity index (χ2n) is 6.65. The van der Waals surface area contributed by atoms with Gasteiger partial charge in [-0.15, -0.1) is 0 Å². The first-order valence-corrected chi connectivity index (χ1v) is 9.29. The molecule has 4 rings (SSSR count). The summed E-state index contributed by atoms with van der Waals surface area (Å²) >= 11 is 0. The molecule has 4 nitrogen and oxygen atoms in total. The zero-order chi connectivity index (χ0) is 18.6. The number of nitrogens with zero attached hydrogens (tertiary/aromatic N) is 2. The van der Waals surface area contributed by atoms with Crippen LogP contribution < -0.4 is 5.32 Å². The van der Waals surface area contributed by atoms with Crippen molar-refractivity contribution in [3.63, 3.8) is 0 Å². The number of benzene rings is 2. The molecule has 2 heterocycles. The molecule has 0 spiro atoms. The fraction of sp³-hybridized carbons (Fsp3) is 0.174. The fourth-order valence-electron chi connectivity index (χ4n) is 3.32. The van der Waals surface area contributed by atoms with E-state index in [1.165, 1.54) is 5.56 Å². The highest BCUT2D eigenvalue weighted by Crippen LogP contribution is 2.24. The van der Waals surface area contributed by atoms with Crippen LogP contribution in [-0.4, -0.2) is 15.9 Å². The normalized spacial score (nSPS) is 11.0. The zero-order valence-corrected chi connectivity index (χ0v) is 15.3. The third-order valence-corrected chi connectivity index (χ3v) is 4.75. The van der Waals surface area contributed by atoms with E-state index in [0.717, 1.165) is 40.9 Å². The minimum Gasteiger partial charge on any atom is -0.319 e. The van der Waals surface area contributed by atoms with E-state index in [2.05, 4.69) is 40.4 Å². The fourth-order valence-corrected chi connectivity index (χ4v) is 3.32. The molecule has 1 amide bonds. The Kier molecular flexibility index (Phi) is 4.79. The SMILES string of the molecule is CCCCc1ccc2ccnc(C(=O)Nc3cccc4cccnc34)c2c1. The van der Waals surface area contributed by atoms with Gasteiger partial charge in [0, 0.05) is 23.2 Å². The molecule has 134 valence electrons. The molecule has 2 aromatic carbocycles. The predicted molar refractivity (Wildman–Crippen MR) is 110 cm³/mol. The van der Waals surface area contributed by atoms with E-state index >= 15 is 0 Å². The van der Waals surface area contributed by atoms with Crippen molar-refractivity contribution in [2.45, 2.75) is 26.2 Å². The molecule has 0 saturated heterocycles. The minimum absolute atomic E-state index is 0.216. The summed E-state index contributed by atoms with van der Waals surface area (Å²) in [7, 11) is 0. The molecule has 0 aliphatic rings. The molecule has 0 aliphatic carbocycles. The number of rotatable bonds is 5. The quantitative estimate of drug-likeness (QED) is 0.523. The molecule has 0 atom stereocenters. The molecule has 1 N–H and O–H groups in total. The minimum atomic E-state index is -0.216. The van der Waals surface area contributed by atoms with E-state index in [-0.39, 0.29) is 5.91 Å². The Hall–Kier alpha value is -3.27. The van der Waals surface area contributed by atoms with Crippen molar-refractivity contribution < 1.29 is 4.79 Å². The van der Waals surface area contributed by atoms with Gasteiger partial charge < -0.3 is 5.32 Å². The van der Waals surface area contributed by atoms with Crippen molar-refractivity contribution in [2.75, 3.05) is 5.32 Å². The van der Waals surface area contributed by atoms with E-state index in [9.17, 15) is 4.79 Å². The molecular formula is C23H21N3O. The maximum atomic E-state index is 13.0. The lowest BCUT2D eigenvalue weighted by molar-refractivity contribution is 0.102. The highest BCUT2D eigenvalue weighted by atomic mass is 16.1. The molecule has 0 aliphatic heterocycles. The van der Waals surface area contributed by atoms with Gasteiger partial charge in [-0.05, 0) is 48.1 Å². The Balaban J connectivity index is 1.71. The second-order valence-corrected chi connectivity index (χ2v) is 6.65. The number of nitrogens with one attached hydrogen (secondary N) is 1. The first kappa shape index (κ1) is 17.2. The van der Waals surface area contributed by atoms with Crippen LogP contribution in [0, 0.1) is 0 Å². The molecule has 27 heavy (non-hydrogen) atoms. The van der Waals surface area contributed by atoms with Crippen LogP contribution in [0.25, 0.3) is 21.7 Å². The number of para-hydroxylation sites is 1. The van der Waals surface area contributed by atoms with Crippen LogP contribution >= 0.6 is 0 Å². The number of hydrogen-bond acceptors (Lipinski definition) is 3. The summed E-state index contributed by atoms with van der Waals surface area (Å²) in [5.41, 5.74) is 3.15. The number of carbonyl (C=O) groups excluding carboxylic acids is 1. The third-order valence-electron chi connectivity index (χ3n) is 4.75. The largest absolute Gasteiger partial charge is 0.319 e. The number of pyridine rings is 2. The number of unbranched alkanes of at least 4 members (excludes halogenated alkanes) is 1. The summed E-state index contributed by atoms with van der Waals surface area (Å²) in [5.74, 6) is -0.216. The third kappa shape index (κ3) is 3.51. The topological polar surface area (TPSA) is 54.9 Å². The number of carbonyl (C=O) groups is 1. The number of fused-ring (bicyclic) bond motifs is 2. The Morgan fingerprint density at radius 3 is 2.74 bits per heavy atom. The Labute approximate surface area is 158 Å². The summed E-state index contributed by atoms with van der Waals surface area (Å²) in [4.78, 5) is 21.8. The smallest absolute Gasteiger partial charge is 0.274 e. The standard InChI is InChI=1S/C23H21N3O/c1-2-3-6-16-10-11-17-12-14-25-22(19(17)15-16)23(27)26-20-9-4-7-18-8-5-13-24-21(18)20/h4-5,7-15H,2-3,6H2,1H3,(H,26,27). The van der Waals surface area contributed by atoms with Crippen molar-refractivity contribution in [3.05, 3.63) is 78.2 Å². The summed E-state index contributed by atoms with van der Waals surface area (Å²) in [6.07, 6.45) is 6.70. The van der Waals surface area contributed by atoms with E-state index in [1.807, 2.05) is 36.4 Å². The summed E-state index contributed by atoms with van der Waals surface area (Å²) in [6.45, 7) is 2.18. The monoisotopic (exact) mass is 355 g/mol. The maximum absolute atomic E-state index is 13.0. The number of hydrogen-bond donors (Lipinski definition) is 1. The highest BCUT2D eigenvalue weighted by Gasteiger charge is 2.14. The number of aryl methyl sites for hydroxylation is 1. The van der Waals surface area contributed by atoms with Crippen LogP contribution in [0.1, 0.15) is 35.8 Å². The average molecular weight is 355 g/mol. The molecule has 0 unspecified atom stereocenters. The van der Waals surface area contributed by atoms with Gasteiger partial charge in [0.1, 0.15) is 5.69 Å². The Morgan fingerprint density at radius 1 is 0.963 bits per heavy atom. The predicted octanol–water partition coefficient (Wildman–Crippen LogP) is 5.38. The van der Waals surface area contributed by atoms with Crippen LogP contribution in [-0.2, 0) is 6.42 Å². The maximum Gasteiger partial charge on any atom is 0.274 e. The number of anilines is 1. The summed E-state index contributed by atoms with van der Waals surface area (Å²) in [6, 6.07) is 17.9. The van der Waals surface area contributed by atoms with Crippen LogP contribution in [0.4, 0.5) is 5.69 Å². The van der Waals surface area contributed by atoms with Crippen LogP contribution in [0.2, 0.25) is 0 Å². The van der Waals surface area contributed by atoms with E-state index < -0.39 is 0 Å². The van der Waals surface area contributed by atoms with Gasteiger partial charge in [0.15, 0.2) is 0 Å². The highest BCUT2D eigenvalue weighted by molar-refractivity contribution is 6.13. The molecule has 4 heteroatoms. The number of amides is 1. The molecule has 0 bridgehead atoms. The summed E-state index contributed by atoms with van der Waals surface area (Å²) < 4.78 is 0. The van der Waals surface area contributed by atoms with Gasteiger partial charge in [-0.1, -0.05) is 43.7 Å². The van der Waals surface area contributed by atoms with Crippen molar-refractivity contribution in [3.8, 4) is 0 Å². The molecule has 0 saturated carbocycles. The molecule has 4 aromatic rings. The van der Waals surface area contributed by atoms with Gasteiger partial charge in [0.05, 0.1) is 11.2 Å². The van der Waals surface area contributed by atoms with Gasteiger partial charge >= 0.3 is 0 Å². The molecule has 2 aromatic heterocycles. The first-order chi connectivity index (χ1) is 13.3. The van der Waals surface area contributed by atoms with Gasteiger partial charge in [0.2, 0.25) is 0 Å². The first-order valence-electron chi connectivity index (χ1n) is 9.29. The zero-order valence-electron chi connectivity index (χ0n) is 15.3. The Morgan fingerprint density at radius 2 is 1.85 bits per heavy atom. The summed E-state index contributed by atoms with van der Waals surface area (Å²) in [5, 5.41) is 5.89. The van der Waals surface area contributed by atoms with E-state index in [1.54, 1.807) is 12.4 Å². The van der Waals surface area contributed by atoms with Crippen molar-refractivity contribution >= 4 is 33.3 Å². The lowest BCUT2D eigenvalue weighted by Gasteiger charge is -2.10. The van der Waals surface area contributed by atoms with Crippen molar-refractivity contribution in [1.29, 1.82) is 0 Å². The van der Waals surface area contributed by atoms with Gasteiger partial charge in [-0.3, -0.25) is 14.8 Å². The molecule has 0 fully saturated rings. The van der Waals surface area contributed by atoms with Crippen molar-refractivity contribution in [1.82, 2.24) is 9.97 Å². The van der Waals surface area contributed by atoms with Crippen LogP contribution in [0.15, 0.2) is 67.0 Å².